The first-order valence-corrected chi connectivity index (χ1v) is 7.74. The molecule has 126 valence electrons. The van der Waals surface area contributed by atoms with Crippen LogP contribution in [0.3, 0.4) is 0 Å². The number of hydrogen-bond acceptors (Lipinski definition) is 4. The topological polar surface area (TPSA) is 91.3 Å². The molecule has 0 aliphatic heterocycles. The first-order chi connectivity index (χ1) is 11.5. The van der Waals surface area contributed by atoms with Gasteiger partial charge in [0.25, 0.3) is 0 Å². The predicted molar refractivity (Wildman–Crippen MR) is 91.9 cm³/mol. The van der Waals surface area contributed by atoms with Gasteiger partial charge >= 0.3 is 5.97 Å². The number of carboxylic acid groups (broad SMARTS) is 1. The van der Waals surface area contributed by atoms with E-state index in [-0.39, 0.29) is 6.42 Å². The number of nitrogens with one attached hydrogen (secondary N) is 2. The van der Waals surface area contributed by atoms with Crippen molar-refractivity contribution in [1.29, 1.82) is 0 Å². The Morgan fingerprint density at radius 3 is 2.79 bits per heavy atom. The molecule has 0 saturated carbocycles. The molecule has 1 atom stereocenters. The molecule has 1 aromatic carbocycles. The number of benzene rings is 1. The number of hydrogen-bond donors (Lipinski definition) is 3. The van der Waals surface area contributed by atoms with E-state index in [9.17, 15) is 14.7 Å². The third-order valence-electron chi connectivity index (χ3n) is 3.44. The number of carbonyl (C=O) groups is 2. The van der Waals surface area contributed by atoms with Crippen LogP contribution in [-0.2, 0) is 16.1 Å². The zero-order chi connectivity index (χ0) is 17.5. The number of aromatic nitrogens is 1. The van der Waals surface area contributed by atoms with Gasteiger partial charge in [-0.25, -0.2) is 0 Å². The Morgan fingerprint density at radius 1 is 1.33 bits per heavy atom. The van der Waals surface area contributed by atoms with Gasteiger partial charge < -0.3 is 10.4 Å². The summed E-state index contributed by atoms with van der Waals surface area (Å²) in [5.41, 5.74) is 2.27. The maximum absolute atomic E-state index is 12.1. The minimum Gasteiger partial charge on any atom is -0.480 e. The molecule has 2 aromatic rings. The Labute approximate surface area is 144 Å². The van der Waals surface area contributed by atoms with Crippen molar-refractivity contribution < 1.29 is 14.7 Å². The highest BCUT2D eigenvalue weighted by molar-refractivity contribution is 6.31. The van der Waals surface area contributed by atoms with Crippen LogP contribution in [0.25, 0.3) is 0 Å². The summed E-state index contributed by atoms with van der Waals surface area (Å²) in [6, 6.07) is 7.74. The minimum absolute atomic E-state index is 0.193. The van der Waals surface area contributed by atoms with E-state index >= 15 is 0 Å². The monoisotopic (exact) mass is 347 g/mol. The van der Waals surface area contributed by atoms with Crippen LogP contribution < -0.4 is 10.6 Å². The van der Waals surface area contributed by atoms with E-state index in [1.165, 1.54) is 0 Å². The van der Waals surface area contributed by atoms with Crippen molar-refractivity contribution >= 4 is 29.2 Å². The molecule has 1 amide bonds. The fourth-order valence-corrected chi connectivity index (χ4v) is 2.28. The molecule has 0 bridgehead atoms. The lowest BCUT2D eigenvalue weighted by molar-refractivity contribution is -0.141. The van der Waals surface area contributed by atoms with E-state index in [2.05, 4.69) is 15.6 Å². The van der Waals surface area contributed by atoms with Crippen LogP contribution in [0.15, 0.2) is 42.7 Å². The molecule has 0 aliphatic rings. The zero-order valence-electron chi connectivity index (χ0n) is 13.1. The lowest BCUT2D eigenvalue weighted by Gasteiger charge is -2.15. The molecule has 0 radical (unpaired) electrons. The highest BCUT2D eigenvalue weighted by Crippen LogP contribution is 2.20. The van der Waals surface area contributed by atoms with Crippen molar-refractivity contribution in [1.82, 2.24) is 10.3 Å². The molecule has 0 saturated heterocycles. The summed E-state index contributed by atoms with van der Waals surface area (Å²) in [6.07, 6.45) is 3.09. The van der Waals surface area contributed by atoms with Gasteiger partial charge in [0, 0.05) is 29.6 Å². The van der Waals surface area contributed by atoms with Crippen LogP contribution >= 0.6 is 11.6 Å². The van der Waals surface area contributed by atoms with E-state index in [1.807, 2.05) is 13.0 Å². The van der Waals surface area contributed by atoms with E-state index in [0.717, 1.165) is 11.1 Å². The molecule has 7 heteroatoms. The van der Waals surface area contributed by atoms with Gasteiger partial charge in [-0.15, -0.1) is 0 Å². The van der Waals surface area contributed by atoms with Crippen LogP contribution in [0.1, 0.15) is 17.5 Å². The third-order valence-corrected chi connectivity index (χ3v) is 3.67. The van der Waals surface area contributed by atoms with Crippen molar-refractivity contribution in [2.45, 2.75) is 25.9 Å². The van der Waals surface area contributed by atoms with Crippen molar-refractivity contribution in [2.75, 3.05) is 5.32 Å². The molecule has 1 heterocycles. The molecule has 0 aliphatic carbocycles. The van der Waals surface area contributed by atoms with Gasteiger partial charge in [-0.05, 0) is 36.2 Å². The quantitative estimate of drug-likeness (QED) is 0.716. The smallest absolute Gasteiger partial charge is 0.321 e. The van der Waals surface area contributed by atoms with Crippen LogP contribution in [-0.4, -0.2) is 28.0 Å². The minimum atomic E-state index is -1.09. The molecule has 6 nitrogen and oxygen atoms in total. The number of aryl methyl sites for hydroxylation is 1. The predicted octanol–water partition coefficient (Wildman–Crippen LogP) is 2.62. The molecular weight excluding hydrogens is 330 g/mol. The molecule has 2 rings (SSSR count). The normalized spacial score (nSPS) is 11.8. The summed E-state index contributed by atoms with van der Waals surface area (Å²) in [4.78, 5) is 27.4. The second-order valence-corrected chi connectivity index (χ2v) is 5.78. The first-order valence-electron chi connectivity index (χ1n) is 7.37. The SMILES string of the molecule is Cc1ccc(Cl)cc1NC(=O)CC(NCc1cccnc1)C(=O)O. The van der Waals surface area contributed by atoms with Gasteiger partial charge in [-0.3, -0.25) is 19.9 Å². The first kappa shape index (κ1) is 17.9. The van der Waals surface area contributed by atoms with E-state index in [4.69, 9.17) is 11.6 Å². The number of anilines is 1. The van der Waals surface area contributed by atoms with Gasteiger partial charge in [0.2, 0.25) is 5.91 Å². The summed E-state index contributed by atoms with van der Waals surface area (Å²) in [6.45, 7) is 2.15. The maximum atomic E-state index is 12.1. The average molecular weight is 348 g/mol. The number of carboxylic acids is 1. The molecule has 24 heavy (non-hydrogen) atoms. The van der Waals surface area contributed by atoms with Gasteiger partial charge in [0.15, 0.2) is 0 Å². The van der Waals surface area contributed by atoms with Crippen molar-refractivity contribution in [3.05, 3.63) is 58.9 Å². The van der Waals surface area contributed by atoms with E-state index in [0.29, 0.717) is 17.3 Å². The summed E-state index contributed by atoms with van der Waals surface area (Å²) >= 11 is 5.91. The Kier molecular flexibility index (Phi) is 6.28. The summed E-state index contributed by atoms with van der Waals surface area (Å²) < 4.78 is 0. The Morgan fingerprint density at radius 2 is 2.12 bits per heavy atom. The third kappa shape index (κ3) is 5.33. The van der Waals surface area contributed by atoms with Crippen molar-refractivity contribution in [2.24, 2.45) is 0 Å². The van der Waals surface area contributed by atoms with Gasteiger partial charge in [0.1, 0.15) is 6.04 Å². The van der Waals surface area contributed by atoms with E-state index in [1.54, 1.807) is 36.7 Å². The maximum Gasteiger partial charge on any atom is 0.321 e. The summed E-state index contributed by atoms with van der Waals surface area (Å²) in [5.74, 6) is -1.48. The number of carbonyl (C=O) groups excluding carboxylic acids is 1. The number of nitrogens with zero attached hydrogens (tertiary/aromatic N) is 1. The average Bonchev–Trinajstić information content (AvgIpc) is 2.55. The Hall–Kier alpha value is -2.44. The Balaban J connectivity index is 1.95. The number of halogens is 1. The highest BCUT2D eigenvalue weighted by atomic mass is 35.5. The zero-order valence-corrected chi connectivity index (χ0v) is 13.9. The van der Waals surface area contributed by atoms with E-state index < -0.39 is 17.9 Å². The number of rotatable bonds is 7. The summed E-state index contributed by atoms with van der Waals surface area (Å²) in [5, 5.41) is 15.3. The van der Waals surface area contributed by atoms with Crippen LogP contribution in [0, 0.1) is 6.92 Å². The van der Waals surface area contributed by atoms with Crippen molar-refractivity contribution in [3.8, 4) is 0 Å². The molecular formula is C17H18ClN3O3. The second kappa shape index (κ2) is 8.42. The fraction of sp³-hybridized carbons (Fsp3) is 0.235. The number of aliphatic carboxylic acids is 1. The Bertz CT molecular complexity index is 722. The molecule has 1 aromatic heterocycles. The fourth-order valence-electron chi connectivity index (χ4n) is 2.11. The molecule has 3 N–H and O–H groups in total. The number of pyridine rings is 1. The second-order valence-electron chi connectivity index (χ2n) is 5.34. The van der Waals surface area contributed by atoms with Crippen LogP contribution in [0.4, 0.5) is 5.69 Å². The van der Waals surface area contributed by atoms with Gasteiger partial charge in [0.05, 0.1) is 6.42 Å². The highest BCUT2D eigenvalue weighted by Gasteiger charge is 2.21. The molecule has 0 spiro atoms. The largest absolute Gasteiger partial charge is 0.480 e. The lowest BCUT2D eigenvalue weighted by atomic mass is 10.1. The lowest BCUT2D eigenvalue weighted by Crippen LogP contribution is -2.39. The molecule has 1 unspecified atom stereocenters. The standard InChI is InChI=1S/C17H18ClN3O3/c1-11-4-5-13(18)7-14(11)21-16(22)8-15(17(23)24)20-10-12-3-2-6-19-9-12/h2-7,9,15,20H,8,10H2,1H3,(H,21,22)(H,23,24). The van der Waals surface area contributed by atoms with Gasteiger partial charge in [-0.2, -0.15) is 0 Å². The van der Waals surface area contributed by atoms with Crippen LogP contribution in [0.2, 0.25) is 5.02 Å². The van der Waals surface area contributed by atoms with Gasteiger partial charge in [-0.1, -0.05) is 23.7 Å². The number of amides is 1. The molecule has 0 fully saturated rings. The van der Waals surface area contributed by atoms with Crippen LogP contribution in [0.5, 0.6) is 0 Å². The summed E-state index contributed by atoms with van der Waals surface area (Å²) in [7, 11) is 0. The van der Waals surface area contributed by atoms with Crippen molar-refractivity contribution in [3.63, 3.8) is 0 Å².